The van der Waals surface area contributed by atoms with Crippen LogP contribution in [0, 0.1) is 0 Å². The van der Waals surface area contributed by atoms with Crippen molar-refractivity contribution in [2.45, 2.75) is 25.5 Å². The van der Waals surface area contributed by atoms with E-state index in [4.69, 9.17) is 5.11 Å². The lowest BCUT2D eigenvalue weighted by Crippen LogP contribution is -2.02. The van der Waals surface area contributed by atoms with E-state index in [1.165, 1.54) is 12.2 Å². The summed E-state index contributed by atoms with van der Waals surface area (Å²) in [5.74, 6) is 1.17. The molecule has 0 rings (SSSR count). The molecule has 8 heavy (non-hydrogen) atoms. The van der Waals surface area contributed by atoms with Crippen molar-refractivity contribution in [1.82, 2.24) is 0 Å². The van der Waals surface area contributed by atoms with Gasteiger partial charge in [-0.15, -0.1) is 0 Å². The highest BCUT2D eigenvalue weighted by Crippen LogP contribution is 2.09. The first kappa shape index (κ1) is 8.31. The number of hydrogen-bond donors (Lipinski definition) is 1. The van der Waals surface area contributed by atoms with Gasteiger partial charge in [0.05, 0.1) is 6.61 Å². The zero-order valence-corrected chi connectivity index (χ0v) is 6.37. The molecule has 0 fully saturated rings. The van der Waals surface area contributed by atoms with E-state index in [1.807, 2.05) is 18.7 Å². The van der Waals surface area contributed by atoms with Gasteiger partial charge in [0.15, 0.2) is 0 Å². The fourth-order valence-corrected chi connectivity index (χ4v) is 1.12. The van der Waals surface area contributed by atoms with Crippen LogP contribution < -0.4 is 0 Å². The average molecular weight is 134 g/mol. The van der Waals surface area contributed by atoms with Crippen LogP contribution in [0.3, 0.4) is 0 Å². The van der Waals surface area contributed by atoms with Gasteiger partial charge >= 0.3 is 0 Å². The molecule has 0 aliphatic heterocycles. The molecule has 1 nitrogen and oxygen atoms in total. The standard InChI is InChI=1S/C6H14OS/c1-3-4-8-6(2)5-7/h6-7H,3-5H2,1-2H3. The maximum atomic E-state index is 8.54. The minimum atomic E-state index is 0.310. The molecule has 0 heterocycles. The molecule has 0 aromatic heterocycles. The fraction of sp³-hybridized carbons (Fsp3) is 1.00. The SMILES string of the molecule is CCCSC(C)CO. The van der Waals surface area contributed by atoms with E-state index in [1.54, 1.807) is 0 Å². The van der Waals surface area contributed by atoms with Crippen molar-refractivity contribution in [2.24, 2.45) is 0 Å². The van der Waals surface area contributed by atoms with Crippen LogP contribution in [0.1, 0.15) is 20.3 Å². The van der Waals surface area contributed by atoms with Gasteiger partial charge in [0.25, 0.3) is 0 Å². The predicted octanol–water partition coefficient (Wildman–Crippen LogP) is 1.51. The summed E-state index contributed by atoms with van der Waals surface area (Å²) in [4.78, 5) is 0. The Morgan fingerprint density at radius 2 is 2.25 bits per heavy atom. The Labute approximate surface area is 55.5 Å². The Bertz CT molecular complexity index is 47.8. The maximum Gasteiger partial charge on any atom is 0.0547 e. The van der Waals surface area contributed by atoms with Crippen LogP contribution in [0.5, 0.6) is 0 Å². The van der Waals surface area contributed by atoms with Crippen LogP contribution in [0.15, 0.2) is 0 Å². The molecule has 0 aromatic rings. The first-order valence-electron chi connectivity index (χ1n) is 3.03. The first-order chi connectivity index (χ1) is 3.81. The zero-order chi connectivity index (χ0) is 6.41. The number of hydrogen-bond acceptors (Lipinski definition) is 2. The van der Waals surface area contributed by atoms with Crippen molar-refractivity contribution < 1.29 is 5.11 Å². The van der Waals surface area contributed by atoms with Gasteiger partial charge in [-0.1, -0.05) is 13.8 Å². The zero-order valence-electron chi connectivity index (χ0n) is 5.55. The molecule has 0 radical (unpaired) electrons. The van der Waals surface area contributed by atoms with E-state index < -0.39 is 0 Å². The van der Waals surface area contributed by atoms with Crippen LogP contribution >= 0.6 is 11.8 Å². The van der Waals surface area contributed by atoms with E-state index in [-0.39, 0.29) is 0 Å². The molecule has 1 unspecified atom stereocenters. The Morgan fingerprint density at radius 3 is 2.62 bits per heavy atom. The van der Waals surface area contributed by atoms with Crippen molar-refractivity contribution in [3.05, 3.63) is 0 Å². The monoisotopic (exact) mass is 134 g/mol. The predicted molar refractivity (Wildman–Crippen MR) is 39.3 cm³/mol. The molecule has 0 aliphatic carbocycles. The molecule has 2 heteroatoms. The number of rotatable bonds is 4. The van der Waals surface area contributed by atoms with Gasteiger partial charge in [0.1, 0.15) is 0 Å². The van der Waals surface area contributed by atoms with Gasteiger partial charge in [-0.2, -0.15) is 11.8 Å². The Morgan fingerprint density at radius 1 is 1.62 bits per heavy atom. The summed E-state index contributed by atoms with van der Waals surface area (Å²) in [7, 11) is 0. The highest BCUT2D eigenvalue weighted by Gasteiger charge is 1.96. The summed E-state index contributed by atoms with van der Waals surface area (Å²) < 4.78 is 0. The second-order valence-electron chi connectivity index (χ2n) is 1.86. The van der Waals surface area contributed by atoms with Crippen LogP contribution in [-0.4, -0.2) is 22.7 Å². The average Bonchev–Trinajstić information content (AvgIpc) is 1.83. The molecular formula is C6H14OS. The molecule has 0 spiro atoms. The lowest BCUT2D eigenvalue weighted by atomic mass is 10.5. The van der Waals surface area contributed by atoms with Gasteiger partial charge in [0.2, 0.25) is 0 Å². The van der Waals surface area contributed by atoms with E-state index in [2.05, 4.69) is 6.92 Å². The van der Waals surface area contributed by atoms with Gasteiger partial charge in [-0.25, -0.2) is 0 Å². The normalized spacial score (nSPS) is 13.9. The minimum Gasteiger partial charge on any atom is -0.395 e. The molecule has 0 saturated carbocycles. The quantitative estimate of drug-likeness (QED) is 0.629. The molecule has 0 bridgehead atoms. The Hall–Kier alpha value is 0.310. The van der Waals surface area contributed by atoms with E-state index >= 15 is 0 Å². The minimum absolute atomic E-state index is 0.310. The Kier molecular flexibility index (Phi) is 5.66. The van der Waals surface area contributed by atoms with Crippen molar-refractivity contribution >= 4 is 11.8 Å². The fourth-order valence-electron chi connectivity index (χ4n) is 0.372. The molecular weight excluding hydrogens is 120 g/mol. The number of aliphatic hydroxyl groups excluding tert-OH is 1. The second kappa shape index (κ2) is 5.45. The lowest BCUT2D eigenvalue weighted by Gasteiger charge is -2.03. The topological polar surface area (TPSA) is 20.2 Å². The van der Waals surface area contributed by atoms with Gasteiger partial charge in [0, 0.05) is 5.25 Å². The van der Waals surface area contributed by atoms with Crippen LogP contribution in [0.25, 0.3) is 0 Å². The van der Waals surface area contributed by atoms with Gasteiger partial charge < -0.3 is 5.11 Å². The largest absolute Gasteiger partial charge is 0.395 e. The molecule has 0 saturated heterocycles. The molecule has 50 valence electrons. The van der Waals surface area contributed by atoms with Crippen LogP contribution in [0.4, 0.5) is 0 Å². The first-order valence-corrected chi connectivity index (χ1v) is 4.08. The van der Waals surface area contributed by atoms with Crippen molar-refractivity contribution in [1.29, 1.82) is 0 Å². The third-order valence-electron chi connectivity index (χ3n) is 0.864. The van der Waals surface area contributed by atoms with E-state index in [9.17, 15) is 0 Å². The summed E-state index contributed by atoms with van der Waals surface area (Å²) >= 11 is 1.83. The molecule has 0 amide bonds. The highest BCUT2D eigenvalue weighted by molar-refractivity contribution is 7.99. The lowest BCUT2D eigenvalue weighted by molar-refractivity contribution is 0.300. The summed E-state index contributed by atoms with van der Waals surface area (Å²) in [6.45, 7) is 4.50. The van der Waals surface area contributed by atoms with Crippen molar-refractivity contribution in [2.75, 3.05) is 12.4 Å². The van der Waals surface area contributed by atoms with E-state index in [0.29, 0.717) is 11.9 Å². The maximum absolute atomic E-state index is 8.54. The molecule has 1 N–H and O–H groups in total. The highest BCUT2D eigenvalue weighted by atomic mass is 32.2. The van der Waals surface area contributed by atoms with E-state index in [0.717, 1.165) is 0 Å². The van der Waals surface area contributed by atoms with Crippen molar-refractivity contribution in [3.63, 3.8) is 0 Å². The third kappa shape index (κ3) is 4.47. The van der Waals surface area contributed by atoms with Crippen molar-refractivity contribution in [3.8, 4) is 0 Å². The second-order valence-corrected chi connectivity index (χ2v) is 3.41. The molecule has 0 aromatic carbocycles. The third-order valence-corrected chi connectivity index (χ3v) is 2.23. The van der Waals surface area contributed by atoms with Crippen LogP contribution in [0.2, 0.25) is 0 Å². The molecule has 1 atom stereocenters. The smallest absolute Gasteiger partial charge is 0.0547 e. The van der Waals surface area contributed by atoms with Gasteiger partial charge in [-0.3, -0.25) is 0 Å². The summed E-state index contributed by atoms with van der Waals surface area (Å²) in [6.07, 6.45) is 1.20. The molecule has 0 aliphatic rings. The van der Waals surface area contributed by atoms with Crippen LogP contribution in [-0.2, 0) is 0 Å². The number of aliphatic hydroxyl groups is 1. The van der Waals surface area contributed by atoms with Gasteiger partial charge in [-0.05, 0) is 12.2 Å². The Balaban J connectivity index is 2.86. The summed E-state index contributed by atoms with van der Waals surface area (Å²) in [6, 6.07) is 0. The summed E-state index contributed by atoms with van der Waals surface area (Å²) in [5.41, 5.74) is 0. The number of thioether (sulfide) groups is 1. The summed E-state index contributed by atoms with van der Waals surface area (Å²) in [5, 5.41) is 8.97.